The summed E-state index contributed by atoms with van der Waals surface area (Å²) >= 11 is 0. The molecule has 4 rings (SSSR count). The minimum Gasteiger partial charge on any atom is -0.484 e. The molecule has 1 fully saturated rings. The molecule has 2 aliphatic rings. The number of aromatic nitrogens is 1. The van der Waals surface area contributed by atoms with Crippen LogP contribution in [0.5, 0.6) is 5.75 Å². The standard InChI is InChI=1S/C30H47N5O2Si/c1-20(2)38(21(3)4,22(5)6)36-19-23-15-16-34(17-23)30(33)35-18-24(11-14-29(35)32)37-28-13-12-27(31)25-9-7-8-10-26(25)28/h7-11,14,18,20-23,27-28,32-33H,12-13,15-17,19,31H2,1-6H3/t23-,27-,28+/m0/s1. The molecule has 3 atom stereocenters. The first-order valence-corrected chi connectivity index (χ1v) is 16.4. The Kier molecular flexibility index (Phi) is 8.84. The van der Waals surface area contributed by atoms with Crippen molar-refractivity contribution in [3.8, 4) is 5.75 Å². The van der Waals surface area contributed by atoms with Crippen LogP contribution in [0.2, 0.25) is 16.6 Å². The fraction of sp³-hybridized carbons (Fsp3) is 0.600. The number of hydrogen-bond donors (Lipinski definition) is 3. The molecule has 4 N–H and O–H groups in total. The molecule has 7 nitrogen and oxygen atoms in total. The van der Waals surface area contributed by atoms with Gasteiger partial charge in [-0.05, 0) is 59.1 Å². The fourth-order valence-electron chi connectivity index (χ4n) is 6.87. The Morgan fingerprint density at radius 1 is 0.974 bits per heavy atom. The van der Waals surface area contributed by atoms with Crippen molar-refractivity contribution in [3.05, 3.63) is 59.2 Å². The van der Waals surface area contributed by atoms with Crippen LogP contribution >= 0.6 is 0 Å². The van der Waals surface area contributed by atoms with Gasteiger partial charge in [-0.3, -0.25) is 15.4 Å². The molecule has 0 spiro atoms. The summed E-state index contributed by atoms with van der Waals surface area (Å²) in [7, 11) is -1.91. The summed E-state index contributed by atoms with van der Waals surface area (Å²) < 4.78 is 14.9. The van der Waals surface area contributed by atoms with Crippen molar-refractivity contribution in [2.75, 3.05) is 19.7 Å². The Morgan fingerprint density at radius 3 is 2.29 bits per heavy atom. The van der Waals surface area contributed by atoms with Crippen LogP contribution in [-0.4, -0.2) is 43.4 Å². The van der Waals surface area contributed by atoms with Crippen molar-refractivity contribution < 1.29 is 9.16 Å². The molecule has 208 valence electrons. The molecule has 8 heteroatoms. The lowest BCUT2D eigenvalue weighted by Crippen LogP contribution is -2.48. The maximum absolute atomic E-state index is 8.94. The van der Waals surface area contributed by atoms with Crippen molar-refractivity contribution in [1.29, 1.82) is 10.8 Å². The molecule has 1 aromatic carbocycles. The summed E-state index contributed by atoms with van der Waals surface area (Å²) in [4.78, 5) is 2.08. The molecular formula is C30H47N5O2Si. The van der Waals surface area contributed by atoms with Crippen LogP contribution in [0.1, 0.15) is 84.1 Å². The summed E-state index contributed by atoms with van der Waals surface area (Å²) in [6.45, 7) is 16.3. The Morgan fingerprint density at radius 2 is 1.63 bits per heavy atom. The number of ether oxygens (including phenoxy) is 1. The zero-order valence-electron chi connectivity index (χ0n) is 24.0. The molecule has 1 saturated heterocycles. The predicted molar refractivity (Wildman–Crippen MR) is 156 cm³/mol. The zero-order valence-corrected chi connectivity index (χ0v) is 25.0. The van der Waals surface area contributed by atoms with Gasteiger partial charge in [0.05, 0.1) is 6.20 Å². The number of rotatable bonds is 8. The number of hydrogen-bond acceptors (Lipinski definition) is 5. The molecule has 0 radical (unpaired) electrons. The topological polar surface area (TPSA) is 100 Å². The van der Waals surface area contributed by atoms with Crippen molar-refractivity contribution in [2.45, 2.75) is 89.6 Å². The highest BCUT2D eigenvalue weighted by Crippen LogP contribution is 2.43. The second-order valence-corrected chi connectivity index (χ2v) is 17.6. The van der Waals surface area contributed by atoms with Crippen molar-refractivity contribution in [3.63, 3.8) is 0 Å². The van der Waals surface area contributed by atoms with Crippen LogP contribution in [0.15, 0.2) is 42.6 Å². The number of pyridine rings is 1. The van der Waals surface area contributed by atoms with E-state index in [1.807, 2.05) is 18.2 Å². The number of nitrogens with one attached hydrogen (secondary N) is 2. The normalized spacial score (nSPS) is 21.8. The van der Waals surface area contributed by atoms with Gasteiger partial charge in [0.25, 0.3) is 0 Å². The minimum atomic E-state index is -1.91. The summed E-state index contributed by atoms with van der Waals surface area (Å²) in [6, 6.07) is 11.8. The van der Waals surface area contributed by atoms with Gasteiger partial charge in [-0.15, -0.1) is 0 Å². The van der Waals surface area contributed by atoms with Gasteiger partial charge in [0.1, 0.15) is 17.3 Å². The Labute approximate surface area is 229 Å². The average molecular weight is 538 g/mol. The summed E-state index contributed by atoms with van der Waals surface area (Å²) in [5.74, 6) is 1.39. The van der Waals surface area contributed by atoms with Crippen molar-refractivity contribution in [1.82, 2.24) is 9.47 Å². The highest BCUT2D eigenvalue weighted by molar-refractivity contribution is 6.77. The summed E-state index contributed by atoms with van der Waals surface area (Å²) in [6.07, 6.45) is 4.44. The Hall–Kier alpha value is -2.42. The first kappa shape index (κ1) is 28.6. The monoisotopic (exact) mass is 537 g/mol. The highest BCUT2D eigenvalue weighted by atomic mass is 28.4. The van der Waals surface area contributed by atoms with E-state index in [2.05, 4.69) is 58.6 Å². The fourth-order valence-corrected chi connectivity index (χ4v) is 12.4. The van der Waals surface area contributed by atoms with Gasteiger partial charge in [-0.1, -0.05) is 65.8 Å². The third-order valence-corrected chi connectivity index (χ3v) is 14.9. The Bertz CT molecular complexity index is 1160. The second-order valence-electron chi connectivity index (χ2n) is 12.1. The van der Waals surface area contributed by atoms with E-state index in [4.69, 9.17) is 25.7 Å². The lowest BCUT2D eigenvalue weighted by Gasteiger charge is -2.42. The van der Waals surface area contributed by atoms with Crippen molar-refractivity contribution in [2.24, 2.45) is 11.7 Å². The molecule has 1 aliphatic heterocycles. The lowest BCUT2D eigenvalue weighted by atomic mass is 9.86. The van der Waals surface area contributed by atoms with E-state index in [0.717, 1.165) is 50.1 Å². The molecule has 2 aromatic rings. The molecular weight excluding hydrogens is 490 g/mol. The molecule has 0 amide bonds. The maximum Gasteiger partial charge on any atom is 0.203 e. The number of nitrogens with zero attached hydrogens (tertiary/aromatic N) is 2. The number of likely N-dealkylation sites (tertiary alicyclic amines) is 1. The molecule has 0 unspecified atom stereocenters. The summed E-state index contributed by atoms with van der Waals surface area (Å²) in [5, 5.41) is 17.4. The first-order valence-electron chi connectivity index (χ1n) is 14.3. The average Bonchev–Trinajstić information content (AvgIpc) is 3.35. The van der Waals surface area contributed by atoms with Gasteiger partial charge in [0, 0.05) is 31.7 Å². The number of benzene rings is 1. The highest BCUT2D eigenvalue weighted by Gasteiger charge is 2.45. The van der Waals surface area contributed by atoms with Crippen LogP contribution in [0.4, 0.5) is 0 Å². The second kappa shape index (κ2) is 11.8. The van der Waals surface area contributed by atoms with Gasteiger partial charge in [-0.2, -0.15) is 0 Å². The summed E-state index contributed by atoms with van der Waals surface area (Å²) in [5.41, 5.74) is 10.6. The minimum absolute atomic E-state index is 0.0429. The van der Waals surface area contributed by atoms with Crippen molar-refractivity contribution >= 4 is 14.3 Å². The zero-order chi connectivity index (χ0) is 27.6. The third-order valence-electron chi connectivity index (χ3n) is 8.77. The van der Waals surface area contributed by atoms with E-state index in [1.165, 1.54) is 0 Å². The van der Waals surface area contributed by atoms with Gasteiger partial charge in [0.2, 0.25) is 5.96 Å². The molecule has 2 heterocycles. The van der Waals surface area contributed by atoms with E-state index in [9.17, 15) is 0 Å². The van der Waals surface area contributed by atoms with E-state index in [1.54, 1.807) is 16.8 Å². The Balaban J connectivity index is 1.43. The number of nitrogens with two attached hydrogens (primary N) is 1. The van der Waals surface area contributed by atoms with Gasteiger partial charge in [0.15, 0.2) is 8.32 Å². The van der Waals surface area contributed by atoms with Gasteiger partial charge >= 0.3 is 0 Å². The SMILES string of the molecule is CC(C)[Si](OC[C@H]1CCN(C(=N)n2cc(O[C@@H]3CC[C@H](N)c4ccccc43)ccc2=N)C1)(C(C)C)C(C)C. The molecule has 0 bridgehead atoms. The largest absolute Gasteiger partial charge is 0.484 e. The van der Waals surface area contributed by atoms with Gasteiger partial charge in [-0.25, -0.2) is 0 Å². The van der Waals surface area contributed by atoms with Crippen LogP contribution in [0.3, 0.4) is 0 Å². The van der Waals surface area contributed by atoms with Crippen LogP contribution in [0.25, 0.3) is 0 Å². The number of fused-ring (bicyclic) bond motifs is 1. The predicted octanol–water partition coefficient (Wildman–Crippen LogP) is 6.18. The molecule has 38 heavy (non-hydrogen) atoms. The van der Waals surface area contributed by atoms with Gasteiger partial charge < -0.3 is 19.8 Å². The molecule has 1 aliphatic carbocycles. The molecule has 0 saturated carbocycles. The van der Waals surface area contributed by atoms with Crippen LogP contribution in [0, 0.1) is 16.7 Å². The third kappa shape index (κ3) is 5.63. The maximum atomic E-state index is 8.94. The first-order chi connectivity index (χ1) is 18.0. The molecule has 1 aromatic heterocycles. The van der Waals surface area contributed by atoms with Crippen LogP contribution < -0.4 is 16.0 Å². The van der Waals surface area contributed by atoms with E-state index in [0.29, 0.717) is 34.3 Å². The van der Waals surface area contributed by atoms with E-state index in [-0.39, 0.29) is 17.6 Å². The van der Waals surface area contributed by atoms with E-state index >= 15 is 0 Å². The van der Waals surface area contributed by atoms with Crippen LogP contribution in [-0.2, 0) is 4.43 Å². The quantitative estimate of drug-likeness (QED) is 0.213. The van der Waals surface area contributed by atoms with E-state index < -0.39 is 8.32 Å². The smallest absolute Gasteiger partial charge is 0.203 e. The lowest BCUT2D eigenvalue weighted by molar-refractivity contribution is 0.176.